The first-order valence-electron chi connectivity index (χ1n) is 6.90. The van der Waals surface area contributed by atoms with Gasteiger partial charge in [-0.1, -0.05) is 48.2 Å². The Balaban J connectivity index is 1.91. The van der Waals surface area contributed by atoms with Gasteiger partial charge in [-0.3, -0.25) is 0 Å². The molecule has 3 rings (SSSR count). The molecule has 1 aromatic heterocycles. The molecule has 102 valence electrons. The van der Waals surface area contributed by atoms with Crippen LogP contribution >= 0.6 is 11.8 Å². The van der Waals surface area contributed by atoms with Crippen molar-refractivity contribution in [3.8, 4) is 0 Å². The Morgan fingerprint density at radius 3 is 2.65 bits per heavy atom. The van der Waals surface area contributed by atoms with Crippen molar-refractivity contribution in [3.05, 3.63) is 60.3 Å². The smallest absolute Gasteiger partial charge is 0.0465 e. The molecule has 3 N–H and O–H groups in total. The van der Waals surface area contributed by atoms with Crippen LogP contribution in [0.3, 0.4) is 0 Å². The second kappa shape index (κ2) is 6.16. The summed E-state index contributed by atoms with van der Waals surface area (Å²) in [6.45, 7) is 0.742. The molecule has 2 nitrogen and oxygen atoms in total. The van der Waals surface area contributed by atoms with E-state index in [0.29, 0.717) is 0 Å². The fraction of sp³-hybridized carbons (Fsp3) is 0.176. The molecule has 0 aliphatic carbocycles. The summed E-state index contributed by atoms with van der Waals surface area (Å²) in [5, 5.41) is 1.28. The van der Waals surface area contributed by atoms with Gasteiger partial charge in [-0.25, -0.2) is 0 Å². The highest BCUT2D eigenvalue weighted by molar-refractivity contribution is 7.99. The summed E-state index contributed by atoms with van der Waals surface area (Å²) in [5.74, 6) is 0. The highest BCUT2D eigenvalue weighted by Crippen LogP contribution is 2.35. The van der Waals surface area contributed by atoms with E-state index in [1.54, 1.807) is 0 Å². The van der Waals surface area contributed by atoms with Gasteiger partial charge in [0.15, 0.2) is 0 Å². The molecule has 0 saturated heterocycles. The fourth-order valence-corrected chi connectivity index (χ4v) is 3.44. The summed E-state index contributed by atoms with van der Waals surface area (Å²) < 4.78 is 0. The standard InChI is InChI=1S/C17H18N2S/c18-11-5-7-13-6-1-4-10-16(13)20-17-12-19-15-9-3-2-8-14(15)17/h1-4,6,8-10,12,19H,5,7,11,18H2. The molecule has 0 aliphatic heterocycles. The largest absolute Gasteiger partial charge is 0.360 e. The number of aryl methyl sites for hydroxylation is 1. The van der Waals surface area contributed by atoms with Crippen LogP contribution in [0.5, 0.6) is 0 Å². The molecule has 0 unspecified atom stereocenters. The maximum absolute atomic E-state index is 5.63. The lowest BCUT2D eigenvalue weighted by Gasteiger charge is -2.08. The number of aromatic amines is 1. The maximum atomic E-state index is 5.63. The SMILES string of the molecule is NCCCc1ccccc1Sc1c[nH]c2ccccc12. The molecule has 1 heterocycles. The third-order valence-corrected chi connectivity index (χ3v) is 4.57. The summed E-state index contributed by atoms with van der Waals surface area (Å²) >= 11 is 1.83. The van der Waals surface area contributed by atoms with Crippen molar-refractivity contribution in [1.29, 1.82) is 0 Å². The molecule has 20 heavy (non-hydrogen) atoms. The number of rotatable bonds is 5. The number of benzene rings is 2. The van der Waals surface area contributed by atoms with Crippen molar-refractivity contribution in [2.45, 2.75) is 22.6 Å². The van der Waals surface area contributed by atoms with Gasteiger partial charge in [0.1, 0.15) is 0 Å². The zero-order chi connectivity index (χ0) is 13.8. The molecule has 2 aromatic carbocycles. The first-order valence-corrected chi connectivity index (χ1v) is 7.72. The van der Waals surface area contributed by atoms with Crippen LogP contribution in [0.4, 0.5) is 0 Å². The molecule has 3 aromatic rings. The fourth-order valence-electron chi connectivity index (χ4n) is 2.35. The van der Waals surface area contributed by atoms with Gasteiger partial charge in [0, 0.05) is 26.9 Å². The van der Waals surface area contributed by atoms with Crippen molar-refractivity contribution in [2.75, 3.05) is 6.54 Å². The number of hydrogen-bond acceptors (Lipinski definition) is 2. The minimum absolute atomic E-state index is 0.742. The van der Waals surface area contributed by atoms with E-state index in [1.807, 2.05) is 11.8 Å². The molecule has 0 saturated carbocycles. The summed E-state index contributed by atoms with van der Waals surface area (Å²) in [5.41, 5.74) is 8.20. The third kappa shape index (κ3) is 2.74. The molecule has 0 bridgehead atoms. The number of H-pyrrole nitrogens is 1. The van der Waals surface area contributed by atoms with E-state index < -0.39 is 0 Å². The highest BCUT2D eigenvalue weighted by Gasteiger charge is 2.07. The number of aromatic nitrogens is 1. The van der Waals surface area contributed by atoms with E-state index in [-0.39, 0.29) is 0 Å². The lowest BCUT2D eigenvalue weighted by atomic mass is 10.1. The van der Waals surface area contributed by atoms with Gasteiger partial charge in [0.2, 0.25) is 0 Å². The maximum Gasteiger partial charge on any atom is 0.0465 e. The van der Waals surface area contributed by atoms with Crippen molar-refractivity contribution in [1.82, 2.24) is 4.98 Å². The monoisotopic (exact) mass is 282 g/mol. The van der Waals surface area contributed by atoms with E-state index in [0.717, 1.165) is 19.4 Å². The van der Waals surface area contributed by atoms with Crippen molar-refractivity contribution < 1.29 is 0 Å². The molecule has 0 radical (unpaired) electrons. The molecular formula is C17H18N2S. The quantitative estimate of drug-likeness (QED) is 0.736. The van der Waals surface area contributed by atoms with E-state index >= 15 is 0 Å². The van der Waals surface area contributed by atoms with Gasteiger partial charge in [-0.2, -0.15) is 0 Å². The van der Waals surface area contributed by atoms with Crippen LogP contribution in [0.25, 0.3) is 10.9 Å². The number of fused-ring (bicyclic) bond motifs is 1. The predicted molar refractivity (Wildman–Crippen MR) is 86.2 cm³/mol. The molecular weight excluding hydrogens is 264 g/mol. The predicted octanol–water partition coefficient (Wildman–Crippen LogP) is 4.21. The molecule has 3 heteroatoms. The van der Waals surface area contributed by atoms with Crippen LogP contribution in [-0.2, 0) is 6.42 Å². The average molecular weight is 282 g/mol. The van der Waals surface area contributed by atoms with E-state index in [2.05, 4.69) is 59.7 Å². The average Bonchev–Trinajstić information content (AvgIpc) is 2.90. The van der Waals surface area contributed by atoms with Crippen LogP contribution in [-0.4, -0.2) is 11.5 Å². The van der Waals surface area contributed by atoms with Crippen LogP contribution in [0.15, 0.2) is 64.5 Å². The minimum atomic E-state index is 0.742. The first-order chi connectivity index (χ1) is 9.88. The number of hydrogen-bond donors (Lipinski definition) is 2. The van der Waals surface area contributed by atoms with Gasteiger partial charge in [-0.15, -0.1) is 0 Å². The molecule has 0 fully saturated rings. The molecule has 0 spiro atoms. The first kappa shape index (κ1) is 13.3. The third-order valence-electron chi connectivity index (χ3n) is 3.39. The van der Waals surface area contributed by atoms with Gasteiger partial charge < -0.3 is 10.7 Å². The van der Waals surface area contributed by atoms with Gasteiger partial charge >= 0.3 is 0 Å². The van der Waals surface area contributed by atoms with Gasteiger partial charge in [0.05, 0.1) is 0 Å². The normalized spacial score (nSPS) is 11.1. The molecule has 0 atom stereocenters. The Labute approximate surface area is 123 Å². The van der Waals surface area contributed by atoms with E-state index in [1.165, 1.54) is 26.3 Å². The Bertz CT molecular complexity index is 703. The zero-order valence-electron chi connectivity index (χ0n) is 11.3. The van der Waals surface area contributed by atoms with E-state index in [9.17, 15) is 0 Å². The van der Waals surface area contributed by atoms with Crippen LogP contribution in [0, 0.1) is 0 Å². The second-order valence-electron chi connectivity index (χ2n) is 4.80. The Morgan fingerprint density at radius 1 is 0.950 bits per heavy atom. The summed E-state index contributed by atoms with van der Waals surface area (Å²) in [4.78, 5) is 5.93. The van der Waals surface area contributed by atoms with Crippen LogP contribution in [0.2, 0.25) is 0 Å². The summed E-state index contributed by atoms with van der Waals surface area (Å²) in [6, 6.07) is 17.0. The van der Waals surface area contributed by atoms with Crippen LogP contribution < -0.4 is 5.73 Å². The van der Waals surface area contributed by atoms with Crippen molar-refractivity contribution in [3.63, 3.8) is 0 Å². The van der Waals surface area contributed by atoms with E-state index in [4.69, 9.17) is 5.73 Å². The lowest BCUT2D eigenvalue weighted by molar-refractivity contribution is 0.821. The Hall–Kier alpha value is -1.71. The van der Waals surface area contributed by atoms with Gasteiger partial charge in [-0.05, 0) is 37.1 Å². The molecule has 0 aliphatic rings. The van der Waals surface area contributed by atoms with Crippen LogP contribution in [0.1, 0.15) is 12.0 Å². The zero-order valence-corrected chi connectivity index (χ0v) is 12.1. The number of para-hydroxylation sites is 1. The lowest BCUT2D eigenvalue weighted by Crippen LogP contribution is -2.00. The summed E-state index contributed by atoms with van der Waals surface area (Å²) in [6.07, 6.45) is 4.17. The number of nitrogens with two attached hydrogens (primary N) is 1. The van der Waals surface area contributed by atoms with Gasteiger partial charge in [0.25, 0.3) is 0 Å². The van der Waals surface area contributed by atoms with Crippen molar-refractivity contribution >= 4 is 22.7 Å². The second-order valence-corrected chi connectivity index (χ2v) is 5.88. The Kier molecular flexibility index (Phi) is 4.09. The number of nitrogens with one attached hydrogen (secondary N) is 1. The summed E-state index contributed by atoms with van der Waals surface area (Å²) in [7, 11) is 0. The Morgan fingerprint density at radius 2 is 1.75 bits per heavy atom. The topological polar surface area (TPSA) is 41.8 Å². The highest BCUT2D eigenvalue weighted by atomic mass is 32.2. The minimum Gasteiger partial charge on any atom is -0.360 e. The molecule has 0 amide bonds. The van der Waals surface area contributed by atoms with Crippen molar-refractivity contribution in [2.24, 2.45) is 5.73 Å².